The van der Waals surface area contributed by atoms with Crippen LogP contribution in [0.25, 0.3) is 0 Å². The number of rotatable bonds is 6. The quantitative estimate of drug-likeness (QED) is 0.279. The normalized spacial score (nSPS) is 11.7. The van der Waals surface area contributed by atoms with E-state index in [0.29, 0.717) is 33.2 Å². The fourth-order valence-corrected chi connectivity index (χ4v) is 17.1. The molecule has 0 amide bonds. The molecule has 0 heterocycles. The SMILES string of the molecule is CC(C)[Si](C#CSC#CC#CSC#C[Si](C(C)C)(C(C)C)C(C)C)(C(C)C)C(C)C. The summed E-state index contributed by atoms with van der Waals surface area (Å²) in [4.78, 5) is 0. The average Bonchev–Trinajstić information content (AvgIpc) is 2.60. The van der Waals surface area contributed by atoms with Crippen molar-refractivity contribution in [2.45, 2.75) is 116 Å². The number of thioether (sulfide) groups is 2. The van der Waals surface area contributed by atoms with Crippen LogP contribution in [0.4, 0.5) is 0 Å². The van der Waals surface area contributed by atoms with Gasteiger partial charge < -0.3 is 0 Å². The summed E-state index contributed by atoms with van der Waals surface area (Å²) in [7, 11) is -3.33. The summed E-state index contributed by atoms with van der Waals surface area (Å²) in [5, 5.41) is 12.6. The molecule has 0 aromatic carbocycles. The van der Waals surface area contributed by atoms with E-state index in [9.17, 15) is 0 Å². The largest absolute Gasteiger partial charge is 0.147 e. The molecule has 166 valence electrons. The van der Waals surface area contributed by atoms with Gasteiger partial charge in [-0.15, -0.1) is 11.1 Å². The maximum atomic E-state index is 3.67. The van der Waals surface area contributed by atoms with Crippen LogP contribution in [-0.2, 0) is 0 Å². The molecule has 0 radical (unpaired) electrons. The predicted octanol–water partition coefficient (Wildman–Crippen LogP) is 8.73. The molecule has 0 rings (SSSR count). The van der Waals surface area contributed by atoms with Crippen molar-refractivity contribution in [3.8, 4) is 43.9 Å². The molecule has 0 atom stereocenters. The van der Waals surface area contributed by atoms with Gasteiger partial charge in [-0.2, -0.15) is 0 Å². The topological polar surface area (TPSA) is 0 Å². The van der Waals surface area contributed by atoms with Crippen LogP contribution in [0, 0.1) is 43.9 Å². The lowest BCUT2D eigenvalue weighted by atomic mass is 10.5. The Kier molecular flexibility index (Phi) is 13.4. The minimum Gasteiger partial charge on any atom is -0.118 e. The van der Waals surface area contributed by atoms with Crippen molar-refractivity contribution in [1.29, 1.82) is 0 Å². The second-order valence-electron chi connectivity index (χ2n) is 9.91. The van der Waals surface area contributed by atoms with Crippen LogP contribution >= 0.6 is 23.5 Å². The summed E-state index contributed by atoms with van der Waals surface area (Å²) in [6, 6.07) is 0. The first-order valence-corrected chi connectivity index (χ1v) is 17.3. The van der Waals surface area contributed by atoms with Crippen LogP contribution in [0.15, 0.2) is 0 Å². The lowest BCUT2D eigenvalue weighted by molar-refractivity contribution is 0.838. The number of hydrogen-bond donors (Lipinski definition) is 0. The highest BCUT2D eigenvalue weighted by atomic mass is 32.2. The third-order valence-corrected chi connectivity index (χ3v) is 20.4. The van der Waals surface area contributed by atoms with E-state index in [2.05, 4.69) is 127 Å². The van der Waals surface area contributed by atoms with Crippen molar-refractivity contribution in [3.63, 3.8) is 0 Å². The van der Waals surface area contributed by atoms with Gasteiger partial charge in [0.05, 0.1) is 0 Å². The molecule has 30 heavy (non-hydrogen) atoms. The van der Waals surface area contributed by atoms with Crippen LogP contribution < -0.4 is 0 Å². The minimum absolute atomic E-state index is 0.645. The van der Waals surface area contributed by atoms with Gasteiger partial charge in [0.2, 0.25) is 0 Å². The molecule has 0 bridgehead atoms. The average molecular weight is 475 g/mol. The molecule has 0 aliphatic heterocycles. The molecular weight excluding hydrogens is 433 g/mol. The zero-order valence-corrected chi connectivity index (χ0v) is 24.9. The second-order valence-corrected chi connectivity index (χ2v) is 22.3. The zero-order valence-electron chi connectivity index (χ0n) is 21.3. The van der Waals surface area contributed by atoms with Crippen LogP contribution in [0.2, 0.25) is 33.2 Å². The highest BCUT2D eigenvalue weighted by Crippen LogP contribution is 2.41. The molecule has 0 aliphatic carbocycles. The molecule has 0 aliphatic rings. The third-order valence-electron chi connectivity index (χ3n) is 6.64. The van der Waals surface area contributed by atoms with Gasteiger partial charge in [0.25, 0.3) is 0 Å². The third kappa shape index (κ3) is 7.50. The summed E-state index contributed by atoms with van der Waals surface area (Å²) in [6.45, 7) is 28.0. The van der Waals surface area contributed by atoms with Gasteiger partial charge >= 0.3 is 0 Å². The Morgan fingerprint density at radius 2 is 0.633 bits per heavy atom. The van der Waals surface area contributed by atoms with Gasteiger partial charge in [-0.05, 0) is 66.1 Å². The molecule has 0 nitrogen and oxygen atoms in total. The van der Waals surface area contributed by atoms with Crippen LogP contribution in [0.3, 0.4) is 0 Å². The van der Waals surface area contributed by atoms with Gasteiger partial charge in [0.1, 0.15) is 16.1 Å². The van der Waals surface area contributed by atoms with Crippen molar-refractivity contribution >= 4 is 39.7 Å². The Labute approximate surface area is 199 Å². The first kappa shape index (κ1) is 29.4. The predicted molar refractivity (Wildman–Crippen MR) is 148 cm³/mol. The van der Waals surface area contributed by atoms with Gasteiger partial charge in [-0.1, -0.05) is 83.1 Å². The van der Waals surface area contributed by atoms with E-state index in [4.69, 9.17) is 0 Å². The van der Waals surface area contributed by atoms with Gasteiger partial charge in [-0.25, -0.2) is 0 Å². The Morgan fingerprint density at radius 1 is 0.400 bits per heavy atom. The first-order valence-electron chi connectivity index (χ1n) is 11.2. The summed E-state index contributed by atoms with van der Waals surface area (Å²) >= 11 is 2.77. The van der Waals surface area contributed by atoms with Crippen LogP contribution in [0.1, 0.15) is 83.1 Å². The standard InChI is InChI=1S/C26H42S2Si2/c1-21(2)29(22(3)4,23(5)6)19-17-27-15-13-14-16-28-18-20-30(24(7)8,25(9)10)26(11)12/h21-26H,1-12H3. The molecule has 0 saturated heterocycles. The van der Waals surface area contributed by atoms with Gasteiger partial charge in [-0.3, -0.25) is 0 Å². The van der Waals surface area contributed by atoms with Crippen LogP contribution in [0.5, 0.6) is 0 Å². The van der Waals surface area contributed by atoms with E-state index < -0.39 is 16.1 Å². The fourth-order valence-electron chi connectivity index (χ4n) is 5.25. The molecular formula is C26H42S2Si2. The highest BCUT2D eigenvalue weighted by molar-refractivity contribution is 8.08. The number of hydrogen-bond acceptors (Lipinski definition) is 2. The summed E-state index contributed by atoms with van der Waals surface area (Å²) in [5.41, 5.74) is 11.2. The molecule has 0 aromatic heterocycles. The Morgan fingerprint density at radius 3 is 0.833 bits per heavy atom. The molecule has 0 N–H and O–H groups in total. The summed E-state index contributed by atoms with van der Waals surface area (Å²) in [5.74, 6) is 5.83. The maximum absolute atomic E-state index is 3.67. The Hall–Kier alpha value is -0.626. The summed E-state index contributed by atoms with van der Waals surface area (Å²) in [6.07, 6.45) is 0. The monoisotopic (exact) mass is 474 g/mol. The van der Waals surface area contributed by atoms with Gasteiger partial charge in [0.15, 0.2) is 0 Å². The zero-order chi connectivity index (χ0) is 23.5. The van der Waals surface area contributed by atoms with Crippen molar-refractivity contribution < 1.29 is 0 Å². The fraction of sp³-hybridized carbons (Fsp3) is 0.692. The van der Waals surface area contributed by atoms with E-state index in [-0.39, 0.29) is 0 Å². The minimum atomic E-state index is -1.66. The van der Waals surface area contributed by atoms with Crippen molar-refractivity contribution in [2.24, 2.45) is 0 Å². The van der Waals surface area contributed by atoms with E-state index in [1.165, 1.54) is 23.5 Å². The van der Waals surface area contributed by atoms with Crippen molar-refractivity contribution in [3.05, 3.63) is 0 Å². The first-order chi connectivity index (χ1) is 13.9. The molecule has 0 aromatic rings. The highest BCUT2D eigenvalue weighted by Gasteiger charge is 2.42. The maximum Gasteiger partial charge on any atom is 0.147 e. The molecule has 4 heteroatoms. The lowest BCUT2D eigenvalue weighted by Crippen LogP contribution is -2.43. The van der Waals surface area contributed by atoms with E-state index in [0.717, 1.165) is 0 Å². The summed E-state index contributed by atoms with van der Waals surface area (Å²) < 4.78 is 0. The molecule has 0 fully saturated rings. The van der Waals surface area contributed by atoms with E-state index >= 15 is 0 Å². The smallest absolute Gasteiger partial charge is 0.118 e. The Balaban J connectivity index is 5.15. The Bertz CT molecular complexity index is 664. The van der Waals surface area contributed by atoms with Gasteiger partial charge in [0, 0.05) is 23.5 Å². The molecule has 0 saturated carbocycles. The van der Waals surface area contributed by atoms with E-state index in [1.54, 1.807) is 0 Å². The lowest BCUT2D eigenvalue weighted by Gasteiger charge is -2.37. The molecule has 0 unspecified atom stereocenters. The van der Waals surface area contributed by atoms with E-state index in [1.807, 2.05) is 0 Å². The van der Waals surface area contributed by atoms with Crippen LogP contribution in [-0.4, -0.2) is 16.1 Å². The molecule has 0 spiro atoms. The van der Waals surface area contributed by atoms with Crippen molar-refractivity contribution in [2.75, 3.05) is 0 Å². The van der Waals surface area contributed by atoms with Crippen molar-refractivity contribution in [1.82, 2.24) is 0 Å². The second kappa shape index (κ2) is 13.7.